The average Bonchev–Trinajstić information content (AvgIpc) is 3.36. The third-order valence-electron chi connectivity index (χ3n) is 5.19. The molecule has 0 atom stereocenters. The first-order valence-corrected chi connectivity index (χ1v) is 11.8. The molecule has 0 spiro atoms. The Labute approximate surface area is 202 Å². The molecular weight excluding hydrogens is 510 g/mol. The van der Waals surface area contributed by atoms with Crippen molar-refractivity contribution < 1.29 is 14.0 Å². The number of amides is 2. The number of hydrogen-bond acceptors (Lipinski definition) is 4. The Morgan fingerprint density at radius 2 is 1.81 bits per heavy atom. The molecule has 158 valence electrons. The summed E-state index contributed by atoms with van der Waals surface area (Å²) in [4.78, 5) is 27.2. The van der Waals surface area contributed by atoms with E-state index in [4.69, 9.17) is 16.0 Å². The van der Waals surface area contributed by atoms with Gasteiger partial charge in [-0.15, -0.1) is 0 Å². The maximum absolute atomic E-state index is 13.0. The number of hydrogen-bond donors (Lipinski definition) is 0. The molecule has 1 fully saturated rings. The van der Waals surface area contributed by atoms with Crippen molar-refractivity contribution >= 4 is 67.3 Å². The predicted molar refractivity (Wildman–Crippen MR) is 132 cm³/mol. The van der Waals surface area contributed by atoms with Crippen LogP contribution in [0, 0.1) is 0 Å². The summed E-state index contributed by atoms with van der Waals surface area (Å²) in [7, 11) is 0. The minimum absolute atomic E-state index is 0.226. The molecule has 7 heteroatoms. The van der Waals surface area contributed by atoms with Crippen molar-refractivity contribution in [3.8, 4) is 11.3 Å². The minimum atomic E-state index is -0.322. The largest absolute Gasteiger partial charge is 0.457 e. The van der Waals surface area contributed by atoms with Crippen molar-refractivity contribution in [1.82, 2.24) is 4.90 Å². The van der Waals surface area contributed by atoms with E-state index in [9.17, 15) is 9.59 Å². The normalized spacial score (nSPS) is 15.3. The van der Waals surface area contributed by atoms with Gasteiger partial charge in [-0.3, -0.25) is 14.5 Å². The Morgan fingerprint density at radius 1 is 1.00 bits per heavy atom. The Morgan fingerprint density at radius 3 is 2.66 bits per heavy atom. The molecule has 3 aromatic carbocycles. The summed E-state index contributed by atoms with van der Waals surface area (Å²) in [6.45, 7) is 0.226. The summed E-state index contributed by atoms with van der Waals surface area (Å²) in [6, 6.07) is 22.9. The number of rotatable bonds is 4. The second kappa shape index (κ2) is 8.62. The van der Waals surface area contributed by atoms with E-state index in [1.54, 1.807) is 18.2 Å². The number of carbonyl (C=O) groups is 2. The molecule has 0 bridgehead atoms. The van der Waals surface area contributed by atoms with Gasteiger partial charge in [-0.25, -0.2) is 0 Å². The molecule has 4 aromatic rings. The van der Waals surface area contributed by atoms with Gasteiger partial charge in [0.15, 0.2) is 0 Å². The predicted octanol–water partition coefficient (Wildman–Crippen LogP) is 7.75. The third-order valence-corrected chi connectivity index (χ3v) is 7.33. The highest BCUT2D eigenvalue weighted by Gasteiger charge is 2.35. The molecule has 5 rings (SSSR count). The van der Waals surface area contributed by atoms with Gasteiger partial charge in [0.05, 0.1) is 16.5 Å². The van der Waals surface area contributed by atoms with Gasteiger partial charge in [0, 0.05) is 16.1 Å². The Kier molecular flexibility index (Phi) is 5.67. The van der Waals surface area contributed by atoms with E-state index in [0.29, 0.717) is 21.4 Å². The lowest BCUT2D eigenvalue weighted by atomic mass is 10.0. The molecule has 0 aliphatic carbocycles. The second-order valence-corrected chi connectivity index (χ2v) is 9.49. The van der Waals surface area contributed by atoms with Crippen molar-refractivity contribution in [2.24, 2.45) is 0 Å². The van der Waals surface area contributed by atoms with E-state index in [1.165, 1.54) is 4.90 Å². The summed E-state index contributed by atoms with van der Waals surface area (Å²) < 4.78 is 6.68. The molecule has 4 nitrogen and oxygen atoms in total. The quantitative estimate of drug-likeness (QED) is 0.256. The molecule has 1 aliphatic rings. The SMILES string of the molecule is O=C1S/C(=C/c2ccc(-c3ccc(Br)c(Cl)c3)o2)C(=O)N1Cc1cccc2ccccc12. The minimum Gasteiger partial charge on any atom is -0.457 e. The number of nitrogens with zero attached hydrogens (tertiary/aromatic N) is 1. The van der Waals surface area contributed by atoms with E-state index in [1.807, 2.05) is 60.7 Å². The summed E-state index contributed by atoms with van der Waals surface area (Å²) in [5.74, 6) is 0.799. The monoisotopic (exact) mass is 523 g/mol. The summed E-state index contributed by atoms with van der Waals surface area (Å²) in [5, 5.41) is 2.39. The first-order valence-electron chi connectivity index (χ1n) is 9.77. The lowest BCUT2D eigenvalue weighted by Crippen LogP contribution is -2.27. The van der Waals surface area contributed by atoms with Gasteiger partial charge in [0.1, 0.15) is 11.5 Å². The van der Waals surface area contributed by atoms with Gasteiger partial charge >= 0.3 is 0 Å². The number of imide groups is 1. The van der Waals surface area contributed by atoms with Gasteiger partial charge in [0.25, 0.3) is 11.1 Å². The van der Waals surface area contributed by atoms with Crippen LogP contribution in [0.2, 0.25) is 5.02 Å². The fraction of sp³-hybridized carbons (Fsp3) is 0.0400. The van der Waals surface area contributed by atoms with Gasteiger partial charge in [-0.2, -0.15) is 0 Å². The number of fused-ring (bicyclic) bond motifs is 1. The first kappa shape index (κ1) is 21.1. The van der Waals surface area contributed by atoms with E-state index >= 15 is 0 Å². The number of halogens is 2. The van der Waals surface area contributed by atoms with Crippen molar-refractivity contribution in [3.05, 3.63) is 98.5 Å². The Balaban J connectivity index is 1.39. The molecule has 2 amide bonds. The fourth-order valence-electron chi connectivity index (χ4n) is 3.60. The maximum Gasteiger partial charge on any atom is 0.293 e. The average molecular weight is 525 g/mol. The highest BCUT2D eigenvalue weighted by atomic mass is 79.9. The zero-order valence-electron chi connectivity index (χ0n) is 16.5. The van der Waals surface area contributed by atoms with Crippen molar-refractivity contribution in [2.45, 2.75) is 6.54 Å². The van der Waals surface area contributed by atoms with Crippen LogP contribution >= 0.6 is 39.3 Å². The standard InChI is InChI=1S/C25H15BrClNO3S/c26-20-10-8-16(12-21(20)27)22-11-9-18(31-22)13-23-24(29)28(25(30)32-23)14-17-6-3-5-15-4-1-2-7-19(15)17/h1-13H,14H2/b23-13+. The molecule has 0 N–H and O–H groups in total. The van der Waals surface area contributed by atoms with Crippen LogP contribution in [0.25, 0.3) is 28.2 Å². The van der Waals surface area contributed by atoms with Crippen LogP contribution in [0.15, 0.2) is 86.6 Å². The number of benzene rings is 3. The van der Waals surface area contributed by atoms with Crippen LogP contribution < -0.4 is 0 Å². The highest BCUT2D eigenvalue weighted by Crippen LogP contribution is 2.35. The van der Waals surface area contributed by atoms with E-state index in [2.05, 4.69) is 15.9 Å². The van der Waals surface area contributed by atoms with Gasteiger partial charge < -0.3 is 4.42 Å². The molecule has 32 heavy (non-hydrogen) atoms. The topological polar surface area (TPSA) is 50.5 Å². The molecule has 1 aromatic heterocycles. The molecule has 0 radical (unpaired) electrons. The number of furan rings is 1. The van der Waals surface area contributed by atoms with Crippen LogP contribution in [-0.2, 0) is 11.3 Å². The fourth-order valence-corrected chi connectivity index (χ4v) is 4.85. The van der Waals surface area contributed by atoms with Crippen LogP contribution in [0.5, 0.6) is 0 Å². The van der Waals surface area contributed by atoms with Crippen LogP contribution in [-0.4, -0.2) is 16.0 Å². The molecule has 1 aliphatic heterocycles. The summed E-state index contributed by atoms with van der Waals surface area (Å²) in [6.07, 6.45) is 1.61. The molecule has 0 saturated carbocycles. The van der Waals surface area contributed by atoms with Crippen LogP contribution in [0.4, 0.5) is 4.79 Å². The van der Waals surface area contributed by atoms with Gasteiger partial charge in [-0.05, 0) is 68.3 Å². The molecule has 2 heterocycles. The Bertz CT molecular complexity index is 1410. The molecular formula is C25H15BrClNO3S. The lowest BCUT2D eigenvalue weighted by Gasteiger charge is -2.14. The summed E-state index contributed by atoms with van der Waals surface area (Å²) >= 11 is 10.5. The van der Waals surface area contributed by atoms with E-state index in [-0.39, 0.29) is 17.7 Å². The van der Waals surface area contributed by atoms with E-state index < -0.39 is 0 Å². The first-order chi connectivity index (χ1) is 15.5. The highest BCUT2D eigenvalue weighted by molar-refractivity contribution is 9.10. The molecule has 1 saturated heterocycles. The Hall–Kier alpha value is -2.80. The zero-order valence-corrected chi connectivity index (χ0v) is 19.7. The van der Waals surface area contributed by atoms with Crippen LogP contribution in [0.1, 0.15) is 11.3 Å². The van der Waals surface area contributed by atoms with Crippen molar-refractivity contribution in [1.29, 1.82) is 0 Å². The smallest absolute Gasteiger partial charge is 0.293 e. The lowest BCUT2D eigenvalue weighted by molar-refractivity contribution is -0.123. The third kappa shape index (κ3) is 4.01. The van der Waals surface area contributed by atoms with E-state index in [0.717, 1.165) is 38.1 Å². The zero-order chi connectivity index (χ0) is 22.2. The maximum atomic E-state index is 13.0. The molecule has 0 unspecified atom stereocenters. The van der Waals surface area contributed by atoms with Crippen molar-refractivity contribution in [2.75, 3.05) is 0 Å². The van der Waals surface area contributed by atoms with Gasteiger partial charge in [0.2, 0.25) is 0 Å². The number of carbonyl (C=O) groups excluding carboxylic acids is 2. The number of thioether (sulfide) groups is 1. The van der Waals surface area contributed by atoms with Crippen LogP contribution in [0.3, 0.4) is 0 Å². The van der Waals surface area contributed by atoms with Crippen molar-refractivity contribution in [3.63, 3.8) is 0 Å². The second-order valence-electron chi connectivity index (χ2n) is 7.24. The summed E-state index contributed by atoms with van der Waals surface area (Å²) in [5.41, 5.74) is 1.75. The van der Waals surface area contributed by atoms with Gasteiger partial charge in [-0.1, -0.05) is 60.1 Å².